The number of rotatable bonds is 6. The number of carbonyl (C=O) groups excluding carboxylic acids is 2. The predicted molar refractivity (Wildman–Crippen MR) is 149 cm³/mol. The molecule has 1 aliphatic carbocycles. The van der Waals surface area contributed by atoms with Crippen LogP contribution in [0.5, 0.6) is 0 Å². The number of piperazine rings is 1. The van der Waals surface area contributed by atoms with E-state index in [0.717, 1.165) is 29.8 Å². The van der Waals surface area contributed by atoms with Crippen molar-refractivity contribution in [2.24, 2.45) is 5.92 Å². The predicted octanol–water partition coefficient (Wildman–Crippen LogP) is 4.66. The topological polar surface area (TPSA) is 99.7 Å². The molecule has 0 bridgehead atoms. The zero-order valence-corrected chi connectivity index (χ0v) is 23.5. The van der Waals surface area contributed by atoms with Crippen molar-refractivity contribution in [3.05, 3.63) is 95.8 Å². The molecule has 2 aromatic carbocycles. The molecule has 2 fully saturated rings. The number of benzene rings is 2. The van der Waals surface area contributed by atoms with Crippen molar-refractivity contribution >= 4 is 21.8 Å². The van der Waals surface area contributed by atoms with Gasteiger partial charge in [0.1, 0.15) is 5.69 Å². The van der Waals surface area contributed by atoms with Crippen LogP contribution in [0.2, 0.25) is 0 Å². The molecule has 1 N–H and O–H groups in total. The summed E-state index contributed by atoms with van der Waals surface area (Å²) in [7, 11) is -4.02. The Balaban J connectivity index is 1.23. The number of nitrogens with zero attached hydrogens (tertiary/aromatic N) is 3. The van der Waals surface area contributed by atoms with Crippen LogP contribution in [0, 0.1) is 5.92 Å². The molecule has 12 heteroatoms. The maximum atomic E-state index is 13.8. The molecule has 8 nitrogen and oxygen atoms in total. The first-order valence-electron chi connectivity index (χ1n) is 13.8. The fourth-order valence-electron chi connectivity index (χ4n) is 5.65. The van der Waals surface area contributed by atoms with Crippen molar-refractivity contribution in [2.45, 2.75) is 48.8 Å². The van der Waals surface area contributed by atoms with Gasteiger partial charge in [-0.25, -0.2) is 13.1 Å². The second-order valence-corrected chi connectivity index (χ2v) is 12.3. The van der Waals surface area contributed by atoms with E-state index in [9.17, 15) is 31.2 Å². The minimum absolute atomic E-state index is 0.0298. The highest BCUT2D eigenvalue weighted by atomic mass is 32.2. The molecule has 222 valence electrons. The van der Waals surface area contributed by atoms with E-state index in [2.05, 4.69) is 9.71 Å². The van der Waals surface area contributed by atoms with Crippen LogP contribution in [-0.4, -0.2) is 60.7 Å². The lowest BCUT2D eigenvalue weighted by Gasteiger charge is -2.43. The summed E-state index contributed by atoms with van der Waals surface area (Å²) in [5.41, 5.74) is 0.347. The summed E-state index contributed by atoms with van der Waals surface area (Å²) < 4.78 is 66.8. The van der Waals surface area contributed by atoms with Gasteiger partial charge in [-0.2, -0.15) is 13.2 Å². The number of hydrogen-bond acceptors (Lipinski definition) is 5. The molecule has 1 saturated heterocycles. The van der Waals surface area contributed by atoms with Crippen LogP contribution in [0.15, 0.2) is 83.9 Å². The lowest BCUT2D eigenvalue weighted by molar-refractivity contribution is -0.141. The van der Waals surface area contributed by atoms with Gasteiger partial charge >= 0.3 is 6.18 Å². The molecular formula is C30H31F3N4O4S. The van der Waals surface area contributed by atoms with Crippen molar-refractivity contribution in [3.63, 3.8) is 0 Å². The van der Waals surface area contributed by atoms with Gasteiger partial charge in [0.15, 0.2) is 0 Å². The highest BCUT2D eigenvalue weighted by molar-refractivity contribution is 7.89. The van der Waals surface area contributed by atoms with Gasteiger partial charge in [0.2, 0.25) is 15.9 Å². The monoisotopic (exact) mass is 600 g/mol. The largest absolute Gasteiger partial charge is 0.416 e. The van der Waals surface area contributed by atoms with Crippen LogP contribution >= 0.6 is 0 Å². The summed E-state index contributed by atoms with van der Waals surface area (Å²) >= 11 is 0. The van der Waals surface area contributed by atoms with E-state index in [-0.39, 0.29) is 28.7 Å². The van der Waals surface area contributed by atoms with E-state index in [1.165, 1.54) is 0 Å². The van der Waals surface area contributed by atoms with E-state index in [1.807, 2.05) is 35.2 Å². The van der Waals surface area contributed by atoms with Gasteiger partial charge in [-0.05, 0) is 67.6 Å². The van der Waals surface area contributed by atoms with Crippen molar-refractivity contribution in [1.29, 1.82) is 0 Å². The molecule has 0 radical (unpaired) electrons. The third-order valence-corrected chi connectivity index (χ3v) is 9.45. The third kappa shape index (κ3) is 6.65. The highest BCUT2D eigenvalue weighted by Crippen LogP contribution is 2.33. The number of nitrogens with one attached hydrogen (secondary N) is 1. The Hall–Kier alpha value is -3.77. The minimum atomic E-state index is -4.55. The Morgan fingerprint density at radius 2 is 1.52 bits per heavy atom. The summed E-state index contributed by atoms with van der Waals surface area (Å²) in [5.74, 6) is -0.525. The third-order valence-electron chi connectivity index (χ3n) is 7.91. The maximum Gasteiger partial charge on any atom is 0.416 e. The van der Waals surface area contributed by atoms with Gasteiger partial charge in [0, 0.05) is 37.8 Å². The van der Waals surface area contributed by atoms with Crippen LogP contribution < -0.4 is 4.72 Å². The SMILES string of the molecule is O=C(c1ccccn1)N1CCN(C(=O)[C@H]2CC[C@H](NS(=O)(=O)c3ccc(C(F)(F)F)cc3)CC2)[C@@H](c2ccccc2)C1. The van der Waals surface area contributed by atoms with E-state index in [4.69, 9.17) is 0 Å². The van der Waals surface area contributed by atoms with Crippen molar-refractivity contribution in [1.82, 2.24) is 19.5 Å². The molecular weight excluding hydrogens is 569 g/mol. The van der Waals surface area contributed by atoms with Gasteiger partial charge in [-0.15, -0.1) is 0 Å². The van der Waals surface area contributed by atoms with Crippen LogP contribution in [-0.2, 0) is 21.0 Å². The molecule has 5 rings (SSSR count). The van der Waals surface area contributed by atoms with E-state index in [1.54, 1.807) is 29.3 Å². The summed E-state index contributed by atoms with van der Waals surface area (Å²) in [5, 5.41) is 0. The summed E-state index contributed by atoms with van der Waals surface area (Å²) in [6, 6.07) is 17.3. The number of halogens is 3. The normalized spacial score (nSPS) is 21.6. The summed E-state index contributed by atoms with van der Waals surface area (Å²) in [6.07, 6.45) is -1.21. The summed E-state index contributed by atoms with van der Waals surface area (Å²) in [6.45, 7) is 1.05. The number of alkyl halides is 3. The molecule has 0 spiro atoms. The molecule has 2 amide bonds. The first-order valence-corrected chi connectivity index (χ1v) is 15.3. The van der Waals surface area contributed by atoms with Gasteiger partial charge in [0.25, 0.3) is 5.91 Å². The van der Waals surface area contributed by atoms with Crippen LogP contribution in [0.1, 0.15) is 53.3 Å². The van der Waals surface area contributed by atoms with Crippen LogP contribution in [0.25, 0.3) is 0 Å². The van der Waals surface area contributed by atoms with Crippen molar-refractivity contribution < 1.29 is 31.2 Å². The first-order chi connectivity index (χ1) is 20.0. The Morgan fingerprint density at radius 3 is 2.14 bits per heavy atom. The molecule has 0 unspecified atom stereocenters. The molecule has 2 aliphatic rings. The maximum absolute atomic E-state index is 13.8. The summed E-state index contributed by atoms with van der Waals surface area (Å²) in [4.78, 5) is 34.4. The molecule has 3 aromatic rings. The zero-order chi connectivity index (χ0) is 29.9. The lowest BCUT2D eigenvalue weighted by atomic mass is 9.85. The fraction of sp³-hybridized carbons (Fsp3) is 0.367. The van der Waals surface area contributed by atoms with Gasteiger partial charge in [0.05, 0.1) is 16.5 Å². The number of amides is 2. The average molecular weight is 601 g/mol. The van der Waals surface area contributed by atoms with Crippen molar-refractivity contribution in [3.8, 4) is 0 Å². The van der Waals surface area contributed by atoms with Crippen LogP contribution in [0.4, 0.5) is 13.2 Å². The highest BCUT2D eigenvalue weighted by Gasteiger charge is 2.38. The second-order valence-electron chi connectivity index (χ2n) is 10.6. The van der Waals surface area contributed by atoms with Gasteiger partial charge < -0.3 is 9.80 Å². The van der Waals surface area contributed by atoms with Crippen LogP contribution in [0.3, 0.4) is 0 Å². The average Bonchev–Trinajstić information content (AvgIpc) is 3.01. The quantitative estimate of drug-likeness (QED) is 0.444. The zero-order valence-electron chi connectivity index (χ0n) is 22.7. The smallest absolute Gasteiger partial charge is 0.333 e. The Labute approximate surface area is 242 Å². The van der Waals surface area contributed by atoms with E-state index >= 15 is 0 Å². The molecule has 42 heavy (non-hydrogen) atoms. The fourth-order valence-corrected chi connectivity index (χ4v) is 6.95. The Kier molecular flexibility index (Phi) is 8.65. The molecule has 1 atom stereocenters. The Bertz CT molecular complexity index is 1500. The molecule has 2 heterocycles. The standard InChI is InChI=1S/C30H31F3N4O4S/c31-30(32,33)23-11-15-25(16-12-23)42(40,41)35-24-13-9-22(10-14-24)28(38)37-19-18-36(29(39)26-8-4-5-17-34-26)20-27(37)21-6-2-1-3-7-21/h1-8,11-12,15-17,22,24,27,35H,9-10,13-14,18-20H2/t22-,24-,27-/m1/s1. The number of hydrogen-bond donors (Lipinski definition) is 1. The van der Waals surface area contributed by atoms with Crippen molar-refractivity contribution in [2.75, 3.05) is 19.6 Å². The minimum Gasteiger partial charge on any atom is -0.333 e. The van der Waals surface area contributed by atoms with Gasteiger partial charge in [-0.3, -0.25) is 14.6 Å². The molecule has 1 aromatic heterocycles. The molecule has 1 aliphatic heterocycles. The molecule has 1 saturated carbocycles. The van der Waals surface area contributed by atoms with Gasteiger partial charge in [-0.1, -0.05) is 36.4 Å². The number of carbonyl (C=O) groups is 2. The number of aromatic nitrogens is 1. The van der Waals surface area contributed by atoms with E-state index < -0.39 is 27.8 Å². The number of pyridine rings is 1. The first kappa shape index (κ1) is 29.7. The second kappa shape index (κ2) is 12.2. The number of sulfonamides is 1. The Morgan fingerprint density at radius 1 is 0.857 bits per heavy atom. The lowest BCUT2D eigenvalue weighted by Crippen LogP contribution is -2.54. The van der Waals surface area contributed by atoms with E-state index in [0.29, 0.717) is 51.0 Å².